The standard InChI is InChI=1S/C21H24N2O3/c1-26-21(25)17-9-11-19(12-10-17)22-20(24)18-8-5-13-23(15-18)14-16-6-3-2-4-7-16/h2-4,6-7,9-12,18H,5,8,13-15H2,1H3,(H,22,24). The molecule has 26 heavy (non-hydrogen) atoms. The number of likely N-dealkylation sites (tertiary alicyclic amines) is 1. The van der Waals surface area contributed by atoms with E-state index in [0.29, 0.717) is 11.3 Å². The second kappa shape index (κ2) is 8.63. The molecule has 2 aromatic rings. The SMILES string of the molecule is COC(=O)c1ccc(NC(=O)C2CCCN(Cc3ccccc3)C2)cc1. The zero-order valence-corrected chi connectivity index (χ0v) is 15.0. The molecule has 2 aromatic carbocycles. The number of hydrogen-bond donors (Lipinski definition) is 1. The van der Waals surface area contributed by atoms with Crippen molar-refractivity contribution in [3.63, 3.8) is 0 Å². The van der Waals surface area contributed by atoms with Gasteiger partial charge in [0.05, 0.1) is 18.6 Å². The summed E-state index contributed by atoms with van der Waals surface area (Å²) in [6.07, 6.45) is 1.92. The number of nitrogens with zero attached hydrogens (tertiary/aromatic N) is 1. The monoisotopic (exact) mass is 352 g/mol. The first-order valence-corrected chi connectivity index (χ1v) is 8.91. The van der Waals surface area contributed by atoms with E-state index in [1.165, 1.54) is 12.7 Å². The molecule has 0 saturated carbocycles. The van der Waals surface area contributed by atoms with Crippen LogP contribution >= 0.6 is 0 Å². The normalized spacial score (nSPS) is 17.5. The summed E-state index contributed by atoms with van der Waals surface area (Å²) in [4.78, 5) is 26.4. The summed E-state index contributed by atoms with van der Waals surface area (Å²) in [6.45, 7) is 2.66. The molecular weight excluding hydrogens is 328 g/mol. The Morgan fingerprint density at radius 2 is 1.85 bits per heavy atom. The molecular formula is C21H24N2O3. The minimum absolute atomic E-state index is 0.0206. The van der Waals surface area contributed by atoms with Gasteiger partial charge < -0.3 is 10.1 Å². The number of methoxy groups -OCH3 is 1. The van der Waals surface area contributed by atoms with Crippen LogP contribution in [0.1, 0.15) is 28.8 Å². The number of esters is 1. The maximum Gasteiger partial charge on any atom is 0.337 e. The maximum absolute atomic E-state index is 12.6. The van der Waals surface area contributed by atoms with Crippen LogP contribution in [0.3, 0.4) is 0 Å². The molecule has 1 amide bonds. The Morgan fingerprint density at radius 3 is 2.54 bits per heavy atom. The fraction of sp³-hybridized carbons (Fsp3) is 0.333. The van der Waals surface area contributed by atoms with Gasteiger partial charge in [-0.05, 0) is 49.2 Å². The summed E-state index contributed by atoms with van der Waals surface area (Å²) in [5.74, 6) is -0.368. The van der Waals surface area contributed by atoms with E-state index in [2.05, 4.69) is 27.1 Å². The van der Waals surface area contributed by atoms with E-state index in [0.717, 1.165) is 32.5 Å². The van der Waals surface area contributed by atoms with Crippen LogP contribution in [0.25, 0.3) is 0 Å². The summed E-state index contributed by atoms with van der Waals surface area (Å²) in [5, 5.41) is 2.96. The van der Waals surface area contributed by atoms with Crippen molar-refractivity contribution in [3.8, 4) is 0 Å². The molecule has 0 radical (unpaired) electrons. The van der Waals surface area contributed by atoms with Crippen LogP contribution in [0, 0.1) is 5.92 Å². The van der Waals surface area contributed by atoms with E-state index < -0.39 is 0 Å². The van der Waals surface area contributed by atoms with Gasteiger partial charge in [0.25, 0.3) is 0 Å². The lowest BCUT2D eigenvalue weighted by Gasteiger charge is -2.32. The number of amides is 1. The molecule has 1 aliphatic heterocycles. The predicted octanol–water partition coefficient (Wildman–Crippen LogP) is 3.32. The number of anilines is 1. The van der Waals surface area contributed by atoms with Crippen LogP contribution in [0.5, 0.6) is 0 Å². The van der Waals surface area contributed by atoms with Gasteiger partial charge in [0, 0.05) is 18.8 Å². The lowest BCUT2D eigenvalue weighted by atomic mass is 9.96. The van der Waals surface area contributed by atoms with Crippen molar-refractivity contribution in [1.29, 1.82) is 0 Å². The zero-order valence-electron chi connectivity index (χ0n) is 15.0. The number of benzene rings is 2. The van der Waals surface area contributed by atoms with E-state index in [4.69, 9.17) is 0 Å². The van der Waals surface area contributed by atoms with Crippen LogP contribution in [-0.2, 0) is 16.1 Å². The van der Waals surface area contributed by atoms with Gasteiger partial charge in [-0.3, -0.25) is 9.69 Å². The Hall–Kier alpha value is -2.66. The van der Waals surface area contributed by atoms with Crippen molar-refractivity contribution in [2.24, 2.45) is 5.92 Å². The molecule has 1 aliphatic rings. The van der Waals surface area contributed by atoms with E-state index in [1.807, 2.05) is 18.2 Å². The van der Waals surface area contributed by atoms with Crippen LogP contribution in [0.4, 0.5) is 5.69 Å². The molecule has 1 saturated heterocycles. The third-order valence-corrected chi connectivity index (χ3v) is 4.70. The first kappa shape index (κ1) is 18.1. The van der Waals surface area contributed by atoms with Gasteiger partial charge >= 0.3 is 5.97 Å². The molecule has 5 heteroatoms. The molecule has 1 N–H and O–H groups in total. The van der Waals surface area contributed by atoms with Crippen LogP contribution < -0.4 is 5.32 Å². The van der Waals surface area contributed by atoms with Crippen molar-refractivity contribution in [1.82, 2.24) is 4.90 Å². The number of carbonyl (C=O) groups is 2. The quantitative estimate of drug-likeness (QED) is 0.839. The zero-order chi connectivity index (χ0) is 18.4. The lowest BCUT2D eigenvalue weighted by Crippen LogP contribution is -2.40. The Balaban J connectivity index is 1.56. The fourth-order valence-corrected chi connectivity index (χ4v) is 3.31. The van der Waals surface area contributed by atoms with Gasteiger partial charge in [0.15, 0.2) is 0 Å². The summed E-state index contributed by atoms with van der Waals surface area (Å²) in [6, 6.07) is 17.1. The highest BCUT2D eigenvalue weighted by Gasteiger charge is 2.25. The molecule has 136 valence electrons. The Bertz CT molecular complexity index is 744. The predicted molar refractivity (Wildman–Crippen MR) is 101 cm³/mol. The van der Waals surface area contributed by atoms with E-state index in [-0.39, 0.29) is 17.8 Å². The van der Waals surface area contributed by atoms with E-state index in [1.54, 1.807) is 24.3 Å². The molecule has 1 unspecified atom stereocenters. The lowest BCUT2D eigenvalue weighted by molar-refractivity contribution is -0.121. The van der Waals surface area contributed by atoms with Crippen molar-refractivity contribution >= 4 is 17.6 Å². The molecule has 0 aliphatic carbocycles. The van der Waals surface area contributed by atoms with Crippen molar-refractivity contribution in [2.75, 3.05) is 25.5 Å². The van der Waals surface area contributed by atoms with Crippen molar-refractivity contribution < 1.29 is 14.3 Å². The average molecular weight is 352 g/mol. The minimum atomic E-state index is -0.383. The minimum Gasteiger partial charge on any atom is -0.465 e. The molecule has 1 atom stereocenters. The molecule has 0 spiro atoms. The van der Waals surface area contributed by atoms with Gasteiger partial charge in [-0.25, -0.2) is 4.79 Å². The topological polar surface area (TPSA) is 58.6 Å². The smallest absolute Gasteiger partial charge is 0.337 e. The van der Waals surface area contributed by atoms with Crippen LogP contribution in [0.2, 0.25) is 0 Å². The summed E-state index contributed by atoms with van der Waals surface area (Å²) in [5.41, 5.74) is 2.44. The highest BCUT2D eigenvalue weighted by molar-refractivity contribution is 5.94. The second-order valence-corrected chi connectivity index (χ2v) is 6.62. The first-order chi connectivity index (χ1) is 12.7. The van der Waals surface area contributed by atoms with Crippen molar-refractivity contribution in [3.05, 3.63) is 65.7 Å². The molecule has 3 rings (SSSR count). The van der Waals surface area contributed by atoms with Gasteiger partial charge in [0.2, 0.25) is 5.91 Å². The molecule has 5 nitrogen and oxygen atoms in total. The summed E-state index contributed by atoms with van der Waals surface area (Å²) >= 11 is 0. The maximum atomic E-state index is 12.6. The number of nitrogens with one attached hydrogen (secondary N) is 1. The van der Waals surface area contributed by atoms with Gasteiger partial charge in [-0.15, -0.1) is 0 Å². The fourth-order valence-electron chi connectivity index (χ4n) is 3.31. The van der Waals surface area contributed by atoms with Gasteiger partial charge in [-0.2, -0.15) is 0 Å². The highest BCUT2D eigenvalue weighted by atomic mass is 16.5. The molecule has 1 heterocycles. The largest absolute Gasteiger partial charge is 0.465 e. The number of hydrogen-bond acceptors (Lipinski definition) is 4. The van der Waals surface area contributed by atoms with Crippen LogP contribution in [-0.4, -0.2) is 37.0 Å². The van der Waals surface area contributed by atoms with E-state index >= 15 is 0 Å². The molecule has 0 bridgehead atoms. The highest BCUT2D eigenvalue weighted by Crippen LogP contribution is 2.21. The van der Waals surface area contributed by atoms with Gasteiger partial charge in [0.1, 0.15) is 0 Å². The second-order valence-electron chi connectivity index (χ2n) is 6.62. The molecule has 1 fully saturated rings. The number of carbonyl (C=O) groups excluding carboxylic acids is 2. The van der Waals surface area contributed by atoms with Crippen LogP contribution in [0.15, 0.2) is 54.6 Å². The third kappa shape index (κ3) is 4.70. The Kier molecular flexibility index (Phi) is 6.02. The van der Waals surface area contributed by atoms with Crippen molar-refractivity contribution in [2.45, 2.75) is 19.4 Å². The molecule has 0 aromatic heterocycles. The summed E-state index contributed by atoms with van der Waals surface area (Å²) < 4.78 is 4.68. The number of piperidine rings is 1. The number of ether oxygens (including phenoxy) is 1. The third-order valence-electron chi connectivity index (χ3n) is 4.70. The van der Waals surface area contributed by atoms with E-state index in [9.17, 15) is 9.59 Å². The Morgan fingerprint density at radius 1 is 1.12 bits per heavy atom. The average Bonchev–Trinajstić information content (AvgIpc) is 2.69. The number of rotatable bonds is 5. The summed E-state index contributed by atoms with van der Waals surface area (Å²) in [7, 11) is 1.35. The Labute approximate surface area is 154 Å². The van der Waals surface area contributed by atoms with Gasteiger partial charge in [-0.1, -0.05) is 30.3 Å². The first-order valence-electron chi connectivity index (χ1n) is 8.91.